The van der Waals surface area contributed by atoms with E-state index in [4.69, 9.17) is 0 Å². The number of piperazine rings is 1. The zero-order valence-corrected chi connectivity index (χ0v) is 10.6. The van der Waals surface area contributed by atoms with Crippen LogP contribution in [0.2, 0.25) is 0 Å². The lowest BCUT2D eigenvalue weighted by molar-refractivity contribution is 0.0695. The second kappa shape index (κ2) is 5.34. The molecule has 2 aliphatic heterocycles. The predicted octanol–water partition coefficient (Wildman–Crippen LogP) is 0.915. The van der Waals surface area contributed by atoms with Gasteiger partial charge in [-0.15, -0.1) is 0 Å². The van der Waals surface area contributed by atoms with E-state index in [0.29, 0.717) is 0 Å². The summed E-state index contributed by atoms with van der Waals surface area (Å²) < 4.78 is 12.8. The van der Waals surface area contributed by atoms with Gasteiger partial charge in [0.2, 0.25) is 0 Å². The molecule has 2 heterocycles. The number of nitrogens with zero attached hydrogens (tertiary/aromatic N) is 2. The Kier molecular flexibility index (Phi) is 3.59. The zero-order chi connectivity index (χ0) is 12.4. The van der Waals surface area contributed by atoms with E-state index in [1.807, 2.05) is 12.1 Å². The molecule has 0 bridgehead atoms. The Morgan fingerprint density at radius 2 is 1.72 bits per heavy atom. The Bertz CT molecular complexity index is 381. The lowest BCUT2D eigenvalue weighted by Crippen LogP contribution is -2.61. The topological polar surface area (TPSA) is 18.5 Å². The van der Waals surface area contributed by atoms with Crippen LogP contribution < -0.4 is 5.32 Å². The van der Waals surface area contributed by atoms with Crippen LogP contribution >= 0.6 is 0 Å². The summed E-state index contributed by atoms with van der Waals surface area (Å²) in [4.78, 5) is 5.04. The molecule has 0 saturated carbocycles. The van der Waals surface area contributed by atoms with Crippen molar-refractivity contribution in [3.63, 3.8) is 0 Å². The minimum Gasteiger partial charge on any atom is -0.314 e. The van der Waals surface area contributed by atoms with Gasteiger partial charge < -0.3 is 5.32 Å². The van der Waals surface area contributed by atoms with Gasteiger partial charge in [0.05, 0.1) is 0 Å². The van der Waals surface area contributed by atoms with Gasteiger partial charge in [-0.1, -0.05) is 12.1 Å². The number of nitrogens with one attached hydrogen (secondary N) is 1. The molecule has 2 fully saturated rings. The van der Waals surface area contributed by atoms with E-state index in [2.05, 4.69) is 15.1 Å². The van der Waals surface area contributed by atoms with Crippen LogP contribution in [-0.4, -0.2) is 55.1 Å². The molecule has 1 aromatic carbocycles. The van der Waals surface area contributed by atoms with Gasteiger partial charge in [-0.05, 0) is 17.7 Å². The van der Waals surface area contributed by atoms with Gasteiger partial charge in [0.1, 0.15) is 5.82 Å². The summed E-state index contributed by atoms with van der Waals surface area (Å²) >= 11 is 0. The molecule has 98 valence electrons. The number of hydrogen-bond donors (Lipinski definition) is 1. The summed E-state index contributed by atoms with van der Waals surface area (Å²) in [5, 5.41) is 3.32. The first-order valence-electron chi connectivity index (χ1n) is 6.73. The molecule has 0 spiro atoms. The van der Waals surface area contributed by atoms with Crippen molar-refractivity contribution < 1.29 is 4.39 Å². The fraction of sp³-hybridized carbons (Fsp3) is 0.571. The molecule has 3 rings (SSSR count). The average Bonchev–Trinajstić information content (AvgIpc) is 2.32. The molecule has 0 atom stereocenters. The van der Waals surface area contributed by atoms with Crippen LogP contribution in [0.25, 0.3) is 0 Å². The second-order valence-corrected chi connectivity index (χ2v) is 5.25. The molecule has 0 aromatic heterocycles. The van der Waals surface area contributed by atoms with Crippen LogP contribution in [0.5, 0.6) is 0 Å². The quantitative estimate of drug-likeness (QED) is 0.859. The Hall–Kier alpha value is -0.970. The largest absolute Gasteiger partial charge is 0.314 e. The van der Waals surface area contributed by atoms with Gasteiger partial charge in [-0.2, -0.15) is 0 Å². The minimum atomic E-state index is -0.152. The molecular weight excluding hydrogens is 229 g/mol. The van der Waals surface area contributed by atoms with E-state index >= 15 is 0 Å². The van der Waals surface area contributed by atoms with Crippen molar-refractivity contribution in [2.75, 3.05) is 39.3 Å². The maximum Gasteiger partial charge on any atom is 0.123 e. The molecule has 0 unspecified atom stereocenters. The van der Waals surface area contributed by atoms with Crippen molar-refractivity contribution >= 4 is 0 Å². The molecule has 1 aromatic rings. The number of benzene rings is 1. The Morgan fingerprint density at radius 1 is 1.06 bits per heavy atom. The number of hydrogen-bond acceptors (Lipinski definition) is 3. The second-order valence-electron chi connectivity index (χ2n) is 5.25. The summed E-state index contributed by atoms with van der Waals surface area (Å²) in [6.45, 7) is 7.80. The highest BCUT2D eigenvalue weighted by molar-refractivity contribution is 5.16. The highest BCUT2D eigenvalue weighted by atomic mass is 19.1. The lowest BCUT2D eigenvalue weighted by Gasteiger charge is -2.43. The normalized spacial score (nSPS) is 22.9. The Morgan fingerprint density at radius 3 is 2.28 bits per heavy atom. The molecular formula is C14H20FN3. The van der Waals surface area contributed by atoms with E-state index in [0.717, 1.165) is 51.9 Å². The van der Waals surface area contributed by atoms with Crippen LogP contribution in [0.15, 0.2) is 24.3 Å². The molecule has 0 radical (unpaired) electrons. The van der Waals surface area contributed by atoms with Gasteiger partial charge in [-0.3, -0.25) is 9.80 Å². The molecule has 1 N–H and O–H groups in total. The van der Waals surface area contributed by atoms with Gasteiger partial charge in [0.25, 0.3) is 0 Å². The molecule has 18 heavy (non-hydrogen) atoms. The van der Waals surface area contributed by atoms with E-state index in [-0.39, 0.29) is 5.82 Å². The molecule has 0 aliphatic carbocycles. The Labute approximate surface area is 108 Å². The summed E-state index contributed by atoms with van der Waals surface area (Å²) in [6.07, 6.45) is 0. The van der Waals surface area contributed by atoms with Crippen LogP contribution in [-0.2, 0) is 6.54 Å². The van der Waals surface area contributed by atoms with Crippen molar-refractivity contribution in [2.45, 2.75) is 12.6 Å². The van der Waals surface area contributed by atoms with E-state index in [1.165, 1.54) is 5.56 Å². The maximum atomic E-state index is 12.8. The summed E-state index contributed by atoms with van der Waals surface area (Å²) in [7, 11) is 0. The Balaban J connectivity index is 1.48. The van der Waals surface area contributed by atoms with Gasteiger partial charge in [-0.25, -0.2) is 4.39 Å². The van der Waals surface area contributed by atoms with Crippen molar-refractivity contribution in [3.8, 4) is 0 Å². The van der Waals surface area contributed by atoms with Crippen molar-refractivity contribution in [1.29, 1.82) is 0 Å². The van der Waals surface area contributed by atoms with E-state index < -0.39 is 0 Å². The third kappa shape index (κ3) is 2.71. The monoisotopic (exact) mass is 249 g/mol. The van der Waals surface area contributed by atoms with E-state index in [9.17, 15) is 4.39 Å². The summed E-state index contributed by atoms with van der Waals surface area (Å²) in [6, 6.07) is 7.63. The SMILES string of the molecule is Fc1ccc(CN2CCN(C3CNC3)CC2)cc1. The average molecular weight is 249 g/mol. The van der Waals surface area contributed by atoms with Crippen LogP contribution in [0.4, 0.5) is 4.39 Å². The predicted molar refractivity (Wildman–Crippen MR) is 69.9 cm³/mol. The van der Waals surface area contributed by atoms with Gasteiger partial charge in [0, 0.05) is 51.9 Å². The fourth-order valence-corrected chi connectivity index (χ4v) is 2.67. The molecule has 2 saturated heterocycles. The van der Waals surface area contributed by atoms with Gasteiger partial charge in [0.15, 0.2) is 0 Å². The first kappa shape index (κ1) is 12.1. The molecule has 3 nitrogen and oxygen atoms in total. The standard InChI is InChI=1S/C14H20FN3/c15-13-3-1-12(2-4-13)11-17-5-7-18(8-6-17)14-9-16-10-14/h1-4,14,16H,5-11H2. The minimum absolute atomic E-state index is 0.152. The van der Waals surface area contributed by atoms with Crippen LogP contribution in [0.1, 0.15) is 5.56 Å². The van der Waals surface area contributed by atoms with Crippen molar-refractivity contribution in [3.05, 3.63) is 35.6 Å². The van der Waals surface area contributed by atoms with Crippen LogP contribution in [0, 0.1) is 5.82 Å². The maximum absolute atomic E-state index is 12.8. The third-order valence-corrected chi connectivity index (χ3v) is 4.00. The van der Waals surface area contributed by atoms with Gasteiger partial charge >= 0.3 is 0 Å². The smallest absolute Gasteiger partial charge is 0.123 e. The number of rotatable bonds is 3. The molecule has 2 aliphatic rings. The van der Waals surface area contributed by atoms with Crippen LogP contribution in [0.3, 0.4) is 0 Å². The zero-order valence-electron chi connectivity index (χ0n) is 10.6. The summed E-state index contributed by atoms with van der Waals surface area (Å²) in [5.74, 6) is -0.152. The highest BCUT2D eigenvalue weighted by Gasteiger charge is 2.27. The highest BCUT2D eigenvalue weighted by Crippen LogP contribution is 2.12. The summed E-state index contributed by atoms with van der Waals surface area (Å²) in [5.41, 5.74) is 1.20. The third-order valence-electron chi connectivity index (χ3n) is 4.00. The fourth-order valence-electron chi connectivity index (χ4n) is 2.67. The van der Waals surface area contributed by atoms with E-state index in [1.54, 1.807) is 12.1 Å². The molecule has 4 heteroatoms. The first-order valence-corrected chi connectivity index (χ1v) is 6.73. The number of halogens is 1. The lowest BCUT2D eigenvalue weighted by atomic mass is 10.1. The van der Waals surface area contributed by atoms with Crippen molar-refractivity contribution in [2.24, 2.45) is 0 Å². The first-order chi connectivity index (χ1) is 8.81. The molecule has 0 amide bonds. The van der Waals surface area contributed by atoms with Crippen molar-refractivity contribution in [1.82, 2.24) is 15.1 Å².